The minimum absolute atomic E-state index is 0.217. The molecule has 1 aliphatic rings. The first-order valence-electron chi connectivity index (χ1n) is 8.79. The zero-order valence-corrected chi connectivity index (χ0v) is 14.2. The molecule has 4 heteroatoms. The van der Waals surface area contributed by atoms with Gasteiger partial charge in [-0.15, -0.1) is 0 Å². The Kier molecular flexibility index (Phi) is 5.01. The van der Waals surface area contributed by atoms with Crippen LogP contribution in [0, 0.1) is 5.92 Å². The molecular formula is C19H27N3O. The number of amides is 1. The second-order valence-corrected chi connectivity index (χ2v) is 6.42. The molecule has 0 bridgehead atoms. The van der Waals surface area contributed by atoms with E-state index in [1.54, 1.807) is 0 Å². The maximum absolute atomic E-state index is 12.5. The van der Waals surface area contributed by atoms with E-state index in [0.29, 0.717) is 5.91 Å². The smallest absolute Gasteiger partial charge is 0.225 e. The van der Waals surface area contributed by atoms with Crippen LogP contribution in [0.4, 0.5) is 0 Å². The number of carbonyl (C=O) groups is 1. The molecule has 0 saturated carbocycles. The van der Waals surface area contributed by atoms with Crippen molar-refractivity contribution in [2.45, 2.75) is 33.2 Å². The average molecular weight is 313 g/mol. The second-order valence-electron chi connectivity index (χ2n) is 6.42. The Morgan fingerprint density at radius 3 is 2.61 bits per heavy atom. The molecule has 1 fully saturated rings. The van der Waals surface area contributed by atoms with Crippen molar-refractivity contribution in [3.05, 3.63) is 36.0 Å². The number of hydrogen-bond donors (Lipinski definition) is 1. The van der Waals surface area contributed by atoms with E-state index in [4.69, 9.17) is 0 Å². The average Bonchev–Trinajstić information content (AvgIpc) is 3.00. The molecule has 0 radical (unpaired) electrons. The molecule has 1 amide bonds. The number of nitrogens with one attached hydrogen (secondary N) is 1. The molecule has 0 unspecified atom stereocenters. The molecule has 2 aromatic rings. The lowest BCUT2D eigenvalue weighted by atomic mass is 9.95. The van der Waals surface area contributed by atoms with Crippen molar-refractivity contribution in [2.24, 2.45) is 5.92 Å². The minimum Gasteiger partial charge on any atom is -0.361 e. The van der Waals surface area contributed by atoms with E-state index in [1.807, 2.05) is 4.90 Å². The Morgan fingerprint density at radius 1 is 1.22 bits per heavy atom. The molecule has 1 aromatic heterocycles. The number of hydrogen-bond acceptors (Lipinski definition) is 2. The van der Waals surface area contributed by atoms with E-state index >= 15 is 0 Å². The number of H-pyrrole nitrogens is 1. The molecule has 1 aromatic carbocycles. The summed E-state index contributed by atoms with van der Waals surface area (Å²) in [6.07, 6.45) is 4.09. The van der Waals surface area contributed by atoms with Gasteiger partial charge < -0.3 is 9.88 Å². The lowest BCUT2D eigenvalue weighted by Crippen LogP contribution is -2.42. The molecule has 1 N–H and O–H groups in total. The number of aromatic amines is 1. The maximum Gasteiger partial charge on any atom is 0.225 e. The Morgan fingerprint density at radius 2 is 1.91 bits per heavy atom. The fourth-order valence-corrected chi connectivity index (χ4v) is 3.63. The van der Waals surface area contributed by atoms with E-state index in [0.717, 1.165) is 45.6 Å². The molecular weight excluding hydrogens is 286 g/mol. The number of likely N-dealkylation sites (tertiary alicyclic amines) is 1. The van der Waals surface area contributed by atoms with Gasteiger partial charge in [-0.25, -0.2) is 0 Å². The van der Waals surface area contributed by atoms with E-state index in [1.165, 1.54) is 16.5 Å². The molecule has 3 rings (SSSR count). The van der Waals surface area contributed by atoms with Gasteiger partial charge >= 0.3 is 0 Å². The minimum atomic E-state index is 0.217. The molecule has 124 valence electrons. The van der Waals surface area contributed by atoms with Gasteiger partial charge in [0.15, 0.2) is 0 Å². The van der Waals surface area contributed by atoms with Gasteiger partial charge in [0, 0.05) is 42.7 Å². The quantitative estimate of drug-likeness (QED) is 0.920. The molecule has 1 aliphatic heterocycles. The summed E-state index contributed by atoms with van der Waals surface area (Å²) >= 11 is 0. The number of piperidine rings is 1. The summed E-state index contributed by atoms with van der Waals surface area (Å²) < 4.78 is 0. The van der Waals surface area contributed by atoms with Crippen LogP contribution in [0.1, 0.15) is 32.3 Å². The van der Waals surface area contributed by atoms with Crippen LogP contribution in [0.15, 0.2) is 30.5 Å². The predicted molar refractivity (Wildman–Crippen MR) is 94.2 cm³/mol. The number of para-hydroxylation sites is 1. The van der Waals surface area contributed by atoms with E-state index in [9.17, 15) is 4.79 Å². The molecule has 0 atom stereocenters. The van der Waals surface area contributed by atoms with Crippen LogP contribution >= 0.6 is 0 Å². The highest BCUT2D eigenvalue weighted by Gasteiger charge is 2.27. The van der Waals surface area contributed by atoms with Crippen LogP contribution in [0.5, 0.6) is 0 Å². The van der Waals surface area contributed by atoms with Crippen molar-refractivity contribution in [1.82, 2.24) is 14.8 Å². The lowest BCUT2D eigenvalue weighted by Gasteiger charge is -2.33. The SMILES string of the molecule is CCN(CC)C(=O)C1CCN(Cc2c[nH]c3ccccc23)CC1. The number of benzene rings is 1. The Bertz CT molecular complexity index is 651. The topological polar surface area (TPSA) is 39.3 Å². The maximum atomic E-state index is 12.5. The molecule has 0 spiro atoms. The largest absolute Gasteiger partial charge is 0.361 e. The number of fused-ring (bicyclic) bond motifs is 1. The number of carbonyl (C=O) groups excluding carboxylic acids is 1. The predicted octanol–water partition coefficient (Wildman–Crippen LogP) is 3.25. The van der Waals surface area contributed by atoms with Gasteiger partial charge in [0.05, 0.1) is 0 Å². The van der Waals surface area contributed by atoms with Crippen molar-refractivity contribution in [2.75, 3.05) is 26.2 Å². The zero-order valence-electron chi connectivity index (χ0n) is 14.2. The normalized spacial score (nSPS) is 16.8. The van der Waals surface area contributed by atoms with Crippen LogP contribution in [-0.2, 0) is 11.3 Å². The highest BCUT2D eigenvalue weighted by Crippen LogP contribution is 2.24. The van der Waals surface area contributed by atoms with Gasteiger partial charge in [0.2, 0.25) is 5.91 Å². The first-order valence-corrected chi connectivity index (χ1v) is 8.79. The van der Waals surface area contributed by atoms with E-state index in [-0.39, 0.29) is 5.92 Å². The van der Waals surface area contributed by atoms with Crippen molar-refractivity contribution in [3.63, 3.8) is 0 Å². The number of nitrogens with zero attached hydrogens (tertiary/aromatic N) is 2. The Labute approximate surface area is 138 Å². The van der Waals surface area contributed by atoms with Crippen LogP contribution in [-0.4, -0.2) is 46.9 Å². The highest BCUT2D eigenvalue weighted by atomic mass is 16.2. The zero-order chi connectivity index (χ0) is 16.2. The summed E-state index contributed by atoms with van der Waals surface area (Å²) in [5.41, 5.74) is 2.56. The van der Waals surface area contributed by atoms with Gasteiger partial charge in [-0.1, -0.05) is 18.2 Å². The van der Waals surface area contributed by atoms with Gasteiger partial charge in [0.1, 0.15) is 0 Å². The fraction of sp³-hybridized carbons (Fsp3) is 0.526. The van der Waals surface area contributed by atoms with Gasteiger partial charge in [-0.2, -0.15) is 0 Å². The van der Waals surface area contributed by atoms with Gasteiger partial charge in [-0.05, 0) is 51.4 Å². The molecule has 23 heavy (non-hydrogen) atoms. The van der Waals surface area contributed by atoms with Gasteiger partial charge in [-0.3, -0.25) is 9.69 Å². The number of rotatable bonds is 5. The van der Waals surface area contributed by atoms with Crippen LogP contribution in [0.3, 0.4) is 0 Å². The second kappa shape index (κ2) is 7.18. The van der Waals surface area contributed by atoms with Crippen molar-refractivity contribution < 1.29 is 4.79 Å². The van der Waals surface area contributed by atoms with E-state index < -0.39 is 0 Å². The first-order chi connectivity index (χ1) is 11.2. The molecule has 0 aliphatic carbocycles. The van der Waals surface area contributed by atoms with Crippen LogP contribution in [0.2, 0.25) is 0 Å². The third-order valence-corrected chi connectivity index (χ3v) is 5.08. The first kappa shape index (κ1) is 16.1. The highest BCUT2D eigenvalue weighted by molar-refractivity contribution is 5.83. The van der Waals surface area contributed by atoms with Crippen molar-refractivity contribution >= 4 is 16.8 Å². The van der Waals surface area contributed by atoms with Gasteiger partial charge in [0.25, 0.3) is 0 Å². The van der Waals surface area contributed by atoms with Crippen LogP contribution in [0.25, 0.3) is 10.9 Å². The molecule has 2 heterocycles. The summed E-state index contributed by atoms with van der Waals surface area (Å²) in [7, 11) is 0. The Balaban J connectivity index is 1.58. The Hall–Kier alpha value is -1.81. The summed E-state index contributed by atoms with van der Waals surface area (Å²) in [5, 5.41) is 1.31. The van der Waals surface area contributed by atoms with Crippen molar-refractivity contribution in [3.8, 4) is 0 Å². The van der Waals surface area contributed by atoms with E-state index in [2.05, 4.69) is 54.2 Å². The monoisotopic (exact) mass is 313 g/mol. The number of aromatic nitrogens is 1. The molecule has 4 nitrogen and oxygen atoms in total. The fourth-order valence-electron chi connectivity index (χ4n) is 3.63. The van der Waals surface area contributed by atoms with Crippen molar-refractivity contribution in [1.29, 1.82) is 0 Å². The summed E-state index contributed by atoms with van der Waals surface area (Å²) in [6.45, 7) is 8.77. The third-order valence-electron chi connectivity index (χ3n) is 5.08. The summed E-state index contributed by atoms with van der Waals surface area (Å²) in [5.74, 6) is 0.566. The summed E-state index contributed by atoms with van der Waals surface area (Å²) in [4.78, 5) is 20.3. The summed E-state index contributed by atoms with van der Waals surface area (Å²) in [6, 6.07) is 8.45. The standard InChI is InChI=1S/C19H27N3O/c1-3-22(4-2)19(23)15-9-11-21(12-10-15)14-16-13-20-18-8-6-5-7-17(16)18/h5-8,13,15,20H,3-4,9-12,14H2,1-2H3. The lowest BCUT2D eigenvalue weighted by molar-refractivity contribution is -0.136. The third kappa shape index (κ3) is 3.42. The van der Waals surface area contributed by atoms with Crippen LogP contribution < -0.4 is 0 Å². The molecule has 1 saturated heterocycles.